The molecule has 0 heterocycles. The molecule has 0 aliphatic carbocycles. The Hall–Kier alpha value is -2.99. The van der Waals surface area contributed by atoms with Crippen LogP contribution in [0.4, 0.5) is 5.69 Å². The third kappa shape index (κ3) is 6.26. The molecule has 0 aromatic heterocycles. The molecule has 1 N–H and O–H groups in total. The molecule has 154 valence electrons. The molecule has 0 unspecified atom stereocenters. The number of hydrogen-bond acceptors (Lipinski definition) is 5. The maximum atomic E-state index is 12.4. The van der Waals surface area contributed by atoms with Crippen molar-refractivity contribution >= 4 is 35.2 Å². The molecule has 0 radical (unpaired) electrons. The monoisotopic (exact) mass is 417 g/mol. The van der Waals surface area contributed by atoms with E-state index < -0.39 is 18.0 Å². The number of methoxy groups -OCH3 is 1. The van der Waals surface area contributed by atoms with Gasteiger partial charge < -0.3 is 19.5 Å². The molecular formula is C22H24ClNO5. The van der Waals surface area contributed by atoms with Crippen LogP contribution in [0.15, 0.2) is 42.5 Å². The summed E-state index contributed by atoms with van der Waals surface area (Å²) >= 11 is 6.07. The molecule has 1 amide bonds. The summed E-state index contributed by atoms with van der Waals surface area (Å²) in [5, 5.41) is 3.22. The number of carbonyl (C=O) groups excluding carboxylic acids is 2. The fourth-order valence-corrected chi connectivity index (χ4v) is 2.65. The van der Waals surface area contributed by atoms with Crippen molar-refractivity contribution in [3.8, 4) is 11.5 Å². The number of nitrogens with one attached hydrogen (secondary N) is 1. The van der Waals surface area contributed by atoms with E-state index in [2.05, 4.69) is 5.32 Å². The van der Waals surface area contributed by atoms with Crippen molar-refractivity contribution in [3.05, 3.63) is 58.6 Å². The van der Waals surface area contributed by atoms with Gasteiger partial charge >= 0.3 is 5.97 Å². The largest absolute Gasteiger partial charge is 0.495 e. The predicted octanol–water partition coefficient (Wildman–Crippen LogP) is 4.64. The molecule has 7 heteroatoms. The summed E-state index contributed by atoms with van der Waals surface area (Å²) in [4.78, 5) is 24.5. The Kier molecular flexibility index (Phi) is 8.09. The zero-order valence-electron chi connectivity index (χ0n) is 16.8. The van der Waals surface area contributed by atoms with Crippen LogP contribution in [0.1, 0.15) is 25.0 Å². The SMILES string of the molecule is CCOc1ccccc1/C=C/C(=O)O[C@H](C)C(=O)Nc1cc(C)c(Cl)cc1OC. The van der Waals surface area contributed by atoms with Gasteiger partial charge in [0.15, 0.2) is 6.10 Å². The second-order valence-corrected chi connectivity index (χ2v) is 6.58. The molecule has 0 saturated heterocycles. The van der Waals surface area contributed by atoms with E-state index in [1.807, 2.05) is 38.1 Å². The minimum absolute atomic E-state index is 0.417. The first kappa shape index (κ1) is 22.3. The lowest BCUT2D eigenvalue weighted by Crippen LogP contribution is -2.29. The maximum absolute atomic E-state index is 12.4. The molecule has 1 atom stereocenters. The van der Waals surface area contributed by atoms with Crippen LogP contribution in [0, 0.1) is 6.92 Å². The first-order valence-electron chi connectivity index (χ1n) is 9.11. The summed E-state index contributed by atoms with van der Waals surface area (Å²) in [7, 11) is 1.48. The lowest BCUT2D eigenvalue weighted by atomic mass is 10.2. The first-order chi connectivity index (χ1) is 13.8. The highest BCUT2D eigenvalue weighted by molar-refractivity contribution is 6.31. The fraction of sp³-hybridized carbons (Fsp3) is 0.273. The van der Waals surface area contributed by atoms with Crippen molar-refractivity contribution < 1.29 is 23.8 Å². The Labute approximate surface area is 175 Å². The van der Waals surface area contributed by atoms with Gasteiger partial charge in [-0.2, -0.15) is 0 Å². The molecule has 29 heavy (non-hydrogen) atoms. The number of esters is 1. The predicted molar refractivity (Wildman–Crippen MR) is 114 cm³/mol. The van der Waals surface area contributed by atoms with Gasteiger partial charge in [0, 0.05) is 22.7 Å². The van der Waals surface area contributed by atoms with Gasteiger partial charge in [-0.15, -0.1) is 0 Å². The molecule has 2 aromatic carbocycles. The number of hydrogen-bond donors (Lipinski definition) is 1. The third-order valence-corrected chi connectivity index (χ3v) is 4.43. The van der Waals surface area contributed by atoms with Crippen LogP contribution in [-0.2, 0) is 14.3 Å². The van der Waals surface area contributed by atoms with Gasteiger partial charge in [-0.05, 0) is 44.5 Å². The topological polar surface area (TPSA) is 73.9 Å². The molecule has 0 aliphatic heterocycles. The van der Waals surface area contributed by atoms with Crippen LogP contribution in [0.2, 0.25) is 5.02 Å². The van der Waals surface area contributed by atoms with Crippen molar-refractivity contribution in [3.63, 3.8) is 0 Å². The highest BCUT2D eigenvalue weighted by Gasteiger charge is 2.19. The van der Waals surface area contributed by atoms with E-state index in [4.69, 9.17) is 25.8 Å². The number of halogens is 1. The van der Waals surface area contributed by atoms with E-state index in [9.17, 15) is 9.59 Å². The Morgan fingerprint density at radius 2 is 1.93 bits per heavy atom. The summed E-state index contributed by atoms with van der Waals surface area (Å²) in [6.45, 7) is 5.70. The summed E-state index contributed by atoms with van der Waals surface area (Å²) in [5.74, 6) is -0.0466. The molecule has 6 nitrogen and oxygen atoms in total. The molecule has 0 fully saturated rings. The summed E-state index contributed by atoms with van der Waals surface area (Å²) in [6, 6.07) is 10.6. The third-order valence-electron chi connectivity index (χ3n) is 4.02. The summed E-state index contributed by atoms with van der Waals surface area (Å²) in [5.41, 5.74) is 1.97. The number of rotatable bonds is 8. The van der Waals surface area contributed by atoms with Gasteiger partial charge in [0.2, 0.25) is 0 Å². The van der Waals surface area contributed by atoms with Gasteiger partial charge in [-0.1, -0.05) is 29.8 Å². The van der Waals surface area contributed by atoms with Crippen LogP contribution in [0.5, 0.6) is 11.5 Å². The Balaban J connectivity index is 2.01. The number of para-hydroxylation sites is 1. The van der Waals surface area contributed by atoms with E-state index in [1.54, 1.807) is 18.2 Å². The van der Waals surface area contributed by atoms with Crippen LogP contribution < -0.4 is 14.8 Å². The lowest BCUT2D eigenvalue weighted by molar-refractivity contribution is -0.148. The smallest absolute Gasteiger partial charge is 0.331 e. The summed E-state index contributed by atoms with van der Waals surface area (Å²) in [6.07, 6.45) is 1.84. The molecule has 0 aliphatic rings. The molecule has 0 saturated carbocycles. The highest BCUT2D eigenvalue weighted by atomic mass is 35.5. The average molecular weight is 418 g/mol. The minimum atomic E-state index is -1.00. The van der Waals surface area contributed by atoms with Crippen LogP contribution in [0.3, 0.4) is 0 Å². The maximum Gasteiger partial charge on any atom is 0.331 e. The zero-order chi connectivity index (χ0) is 21.4. The molecule has 2 aromatic rings. The van der Waals surface area contributed by atoms with Gasteiger partial charge in [0.1, 0.15) is 11.5 Å². The van der Waals surface area contributed by atoms with Gasteiger partial charge in [-0.3, -0.25) is 4.79 Å². The number of ether oxygens (including phenoxy) is 3. The van der Waals surface area contributed by atoms with Gasteiger partial charge in [0.25, 0.3) is 5.91 Å². The Bertz CT molecular complexity index is 910. The molecule has 0 spiro atoms. The number of aryl methyl sites for hydroxylation is 1. The van der Waals surface area contributed by atoms with Gasteiger partial charge in [0.05, 0.1) is 19.4 Å². The molecular weight excluding hydrogens is 394 g/mol. The number of amides is 1. The van der Waals surface area contributed by atoms with Crippen molar-refractivity contribution in [2.24, 2.45) is 0 Å². The van der Waals surface area contributed by atoms with Crippen molar-refractivity contribution in [1.82, 2.24) is 0 Å². The Morgan fingerprint density at radius 1 is 1.21 bits per heavy atom. The van der Waals surface area contributed by atoms with E-state index in [-0.39, 0.29) is 0 Å². The molecule has 0 bridgehead atoms. The standard InChI is InChI=1S/C22H24ClNO5/c1-5-28-19-9-7-6-8-16(19)10-11-21(25)29-15(3)22(26)24-18-12-14(2)17(23)13-20(18)27-4/h6-13,15H,5H2,1-4H3,(H,24,26)/b11-10+/t15-/m1/s1. The van der Waals surface area contributed by atoms with Crippen LogP contribution >= 0.6 is 11.6 Å². The minimum Gasteiger partial charge on any atom is -0.495 e. The second kappa shape index (κ2) is 10.5. The zero-order valence-corrected chi connectivity index (χ0v) is 17.6. The van der Waals surface area contributed by atoms with Crippen LogP contribution in [0.25, 0.3) is 6.08 Å². The van der Waals surface area contributed by atoms with E-state index >= 15 is 0 Å². The average Bonchev–Trinajstić information content (AvgIpc) is 2.70. The second-order valence-electron chi connectivity index (χ2n) is 6.17. The van der Waals surface area contributed by atoms with E-state index in [0.717, 1.165) is 11.1 Å². The van der Waals surface area contributed by atoms with Crippen molar-refractivity contribution in [1.29, 1.82) is 0 Å². The lowest BCUT2D eigenvalue weighted by Gasteiger charge is -2.15. The normalized spacial score (nSPS) is 11.8. The highest BCUT2D eigenvalue weighted by Crippen LogP contribution is 2.31. The van der Waals surface area contributed by atoms with E-state index in [0.29, 0.717) is 28.8 Å². The van der Waals surface area contributed by atoms with Crippen molar-refractivity contribution in [2.45, 2.75) is 26.9 Å². The van der Waals surface area contributed by atoms with Gasteiger partial charge in [-0.25, -0.2) is 4.79 Å². The number of benzene rings is 2. The fourth-order valence-electron chi connectivity index (χ4n) is 2.49. The van der Waals surface area contributed by atoms with Crippen LogP contribution in [-0.4, -0.2) is 31.7 Å². The number of carbonyl (C=O) groups is 2. The Morgan fingerprint density at radius 3 is 2.62 bits per heavy atom. The molecule has 2 rings (SSSR count). The van der Waals surface area contributed by atoms with Crippen molar-refractivity contribution in [2.75, 3.05) is 19.0 Å². The quantitative estimate of drug-likeness (QED) is 0.500. The summed E-state index contributed by atoms with van der Waals surface area (Å²) < 4.78 is 15.9. The number of anilines is 1. The van der Waals surface area contributed by atoms with E-state index in [1.165, 1.54) is 20.1 Å². The first-order valence-corrected chi connectivity index (χ1v) is 9.49.